The zero-order valence-electron chi connectivity index (χ0n) is 10.0. The maximum atomic E-state index is 11.6. The Kier molecular flexibility index (Phi) is 8.97. The van der Waals surface area contributed by atoms with Crippen molar-refractivity contribution >= 4 is 5.97 Å². The second-order valence-corrected chi connectivity index (χ2v) is 3.84. The summed E-state index contributed by atoms with van der Waals surface area (Å²) in [6.07, 6.45) is -4.47. The zero-order chi connectivity index (χ0) is 14.1. The van der Waals surface area contributed by atoms with E-state index in [0.717, 1.165) is 6.42 Å². The molecule has 2 nitrogen and oxygen atoms in total. The van der Waals surface area contributed by atoms with Gasteiger partial charge in [0.1, 0.15) is 0 Å². The largest absolute Gasteiger partial charge is 0.559 e. The first kappa shape index (κ1) is 18.5. The molecule has 0 aliphatic heterocycles. The van der Waals surface area contributed by atoms with Gasteiger partial charge in [0.25, 0.3) is 0 Å². The van der Waals surface area contributed by atoms with Crippen molar-refractivity contribution in [1.82, 2.24) is 0 Å². The van der Waals surface area contributed by atoms with Crippen LogP contribution in [0.2, 0.25) is 0 Å². The highest BCUT2D eigenvalue weighted by Crippen LogP contribution is 2.21. The smallest absolute Gasteiger partial charge is 0.465 e. The minimum atomic E-state index is -5.50. The molecule has 0 saturated heterocycles. The highest BCUT2D eigenvalue weighted by molar-refractivity contribution is 5.75. The van der Waals surface area contributed by atoms with Crippen LogP contribution >= 0.6 is 0 Å². The molecule has 7 heteroatoms. The first-order chi connectivity index (χ1) is 7.54. The van der Waals surface area contributed by atoms with Crippen LogP contribution in [0.1, 0.15) is 33.6 Å². The van der Waals surface area contributed by atoms with Gasteiger partial charge in [0.05, 0.1) is 18.7 Å². The Morgan fingerprint density at radius 3 is 1.88 bits per heavy atom. The quantitative estimate of drug-likeness (QED) is 0.429. The SMILES string of the molecule is CCC(C)(C)C(=O)OCCCF.FC(F)(F)F. The molecule has 0 bridgehead atoms. The molecule has 0 spiro atoms. The molecule has 0 rings (SSSR count). The van der Waals surface area contributed by atoms with Gasteiger partial charge in [-0.05, 0) is 20.3 Å². The lowest BCUT2D eigenvalue weighted by molar-refractivity contribution is -0.237. The van der Waals surface area contributed by atoms with Crippen LogP contribution in [0.3, 0.4) is 0 Å². The normalized spacial score (nSPS) is 11.5. The number of alkyl halides is 5. The van der Waals surface area contributed by atoms with Gasteiger partial charge in [-0.25, -0.2) is 0 Å². The average molecular weight is 264 g/mol. The van der Waals surface area contributed by atoms with Crippen molar-refractivity contribution in [2.75, 3.05) is 13.3 Å². The van der Waals surface area contributed by atoms with Crippen molar-refractivity contribution in [2.45, 2.75) is 40.0 Å². The van der Waals surface area contributed by atoms with Crippen LogP contribution < -0.4 is 0 Å². The predicted octanol–water partition coefficient (Wildman–Crippen LogP) is 3.80. The second-order valence-electron chi connectivity index (χ2n) is 3.84. The summed E-state index contributed by atoms with van der Waals surface area (Å²) < 4.78 is 55.2. The molecule has 0 fully saturated rings. The standard InChI is InChI=1S/C9H17FO2.CF4/c1-4-9(2,3)8(11)12-7-5-6-10;2-1(3,4)5/h4-7H2,1-3H3;. The fourth-order valence-electron chi connectivity index (χ4n) is 0.559. The Bertz CT molecular complexity index is 207. The average Bonchev–Trinajstić information content (AvgIpc) is 2.15. The summed E-state index contributed by atoms with van der Waals surface area (Å²) in [7, 11) is 0. The van der Waals surface area contributed by atoms with E-state index in [1.165, 1.54) is 0 Å². The van der Waals surface area contributed by atoms with Gasteiger partial charge in [0.15, 0.2) is 0 Å². The third-order valence-electron chi connectivity index (χ3n) is 1.95. The topological polar surface area (TPSA) is 26.3 Å². The molecule has 0 heterocycles. The van der Waals surface area contributed by atoms with E-state index in [2.05, 4.69) is 0 Å². The maximum absolute atomic E-state index is 11.6. The van der Waals surface area contributed by atoms with Crippen molar-refractivity contribution in [3.05, 3.63) is 0 Å². The molecular weight excluding hydrogens is 247 g/mol. The number of rotatable bonds is 5. The molecular formula is C10H17F5O2. The number of esters is 1. The molecule has 17 heavy (non-hydrogen) atoms. The van der Waals surface area contributed by atoms with Gasteiger partial charge in [-0.2, -0.15) is 0 Å². The molecule has 104 valence electrons. The fraction of sp³-hybridized carbons (Fsp3) is 0.900. The minimum absolute atomic E-state index is 0.193. The summed E-state index contributed by atoms with van der Waals surface area (Å²) in [5.74, 6) is -0.238. The van der Waals surface area contributed by atoms with Gasteiger partial charge < -0.3 is 4.74 Å². The first-order valence-electron chi connectivity index (χ1n) is 5.03. The van der Waals surface area contributed by atoms with E-state index < -0.39 is 18.5 Å². The summed E-state index contributed by atoms with van der Waals surface area (Å²) in [4.78, 5) is 11.2. The number of carbonyl (C=O) groups excluding carboxylic acids is 1. The van der Waals surface area contributed by atoms with E-state index in [1.54, 1.807) is 0 Å². The van der Waals surface area contributed by atoms with Crippen molar-refractivity contribution in [3.63, 3.8) is 0 Å². The Hall–Kier alpha value is -0.880. The Morgan fingerprint density at radius 2 is 1.59 bits per heavy atom. The van der Waals surface area contributed by atoms with Crippen molar-refractivity contribution < 1.29 is 31.5 Å². The number of hydrogen-bond donors (Lipinski definition) is 0. The predicted molar refractivity (Wildman–Crippen MR) is 52.8 cm³/mol. The zero-order valence-corrected chi connectivity index (χ0v) is 10.0. The van der Waals surface area contributed by atoms with Crippen LogP contribution in [-0.2, 0) is 9.53 Å². The number of carbonyl (C=O) groups is 1. The lowest BCUT2D eigenvalue weighted by Crippen LogP contribution is -2.26. The molecule has 0 N–H and O–H groups in total. The lowest BCUT2D eigenvalue weighted by Gasteiger charge is -2.19. The van der Waals surface area contributed by atoms with Gasteiger partial charge in [0.2, 0.25) is 0 Å². The maximum Gasteiger partial charge on any atom is 0.559 e. The van der Waals surface area contributed by atoms with Gasteiger partial charge in [-0.3, -0.25) is 9.18 Å². The third kappa shape index (κ3) is 15.1. The highest BCUT2D eigenvalue weighted by Gasteiger charge is 2.26. The molecule has 0 saturated carbocycles. The van der Waals surface area contributed by atoms with Crippen molar-refractivity contribution in [2.24, 2.45) is 5.41 Å². The van der Waals surface area contributed by atoms with E-state index in [9.17, 15) is 26.7 Å². The molecule has 0 unspecified atom stereocenters. The Morgan fingerprint density at radius 1 is 1.18 bits per heavy atom. The van der Waals surface area contributed by atoms with Crippen molar-refractivity contribution in [3.8, 4) is 0 Å². The summed E-state index contributed by atoms with van der Waals surface area (Å²) >= 11 is 0. The summed E-state index contributed by atoms with van der Waals surface area (Å²) in [6.45, 7) is 5.34. The van der Waals surface area contributed by atoms with E-state index in [1.807, 2.05) is 20.8 Å². The van der Waals surface area contributed by atoms with Crippen LogP contribution in [0, 0.1) is 5.41 Å². The molecule has 0 aliphatic rings. The second kappa shape index (κ2) is 8.25. The van der Waals surface area contributed by atoms with E-state index in [4.69, 9.17) is 4.74 Å². The minimum Gasteiger partial charge on any atom is -0.465 e. The van der Waals surface area contributed by atoms with Crippen LogP contribution in [0.25, 0.3) is 0 Å². The van der Waals surface area contributed by atoms with Crippen LogP contribution in [-0.4, -0.2) is 25.7 Å². The first-order valence-corrected chi connectivity index (χ1v) is 5.03. The fourth-order valence-corrected chi connectivity index (χ4v) is 0.559. The number of ether oxygens (including phenoxy) is 1. The van der Waals surface area contributed by atoms with E-state index in [-0.39, 0.29) is 12.6 Å². The summed E-state index contributed by atoms with van der Waals surface area (Å²) in [6, 6.07) is 0. The van der Waals surface area contributed by atoms with Crippen molar-refractivity contribution in [1.29, 1.82) is 0 Å². The molecule has 0 atom stereocenters. The molecule has 0 radical (unpaired) electrons. The summed E-state index contributed by atoms with van der Waals surface area (Å²) in [5, 5.41) is 0. The molecule has 0 aromatic rings. The highest BCUT2D eigenvalue weighted by atomic mass is 19.5. The summed E-state index contributed by atoms with van der Waals surface area (Å²) in [5.41, 5.74) is -0.434. The number of halogens is 5. The number of hydrogen-bond acceptors (Lipinski definition) is 2. The molecule has 0 aromatic heterocycles. The van der Waals surface area contributed by atoms with E-state index >= 15 is 0 Å². The van der Waals surface area contributed by atoms with Crippen LogP contribution in [0.5, 0.6) is 0 Å². The van der Waals surface area contributed by atoms with Gasteiger partial charge in [0, 0.05) is 6.42 Å². The molecule has 0 amide bonds. The van der Waals surface area contributed by atoms with Crippen LogP contribution in [0.4, 0.5) is 22.0 Å². The lowest BCUT2D eigenvalue weighted by atomic mass is 9.91. The van der Waals surface area contributed by atoms with Crippen LogP contribution in [0.15, 0.2) is 0 Å². The van der Waals surface area contributed by atoms with Gasteiger partial charge >= 0.3 is 12.4 Å². The third-order valence-corrected chi connectivity index (χ3v) is 1.95. The molecule has 0 aliphatic carbocycles. The molecule has 0 aromatic carbocycles. The Balaban J connectivity index is 0. The van der Waals surface area contributed by atoms with Gasteiger partial charge in [-0.15, -0.1) is 17.6 Å². The van der Waals surface area contributed by atoms with Gasteiger partial charge in [-0.1, -0.05) is 6.92 Å². The monoisotopic (exact) mass is 264 g/mol. The Labute approximate surface area is 97.1 Å². The van der Waals surface area contributed by atoms with E-state index in [0.29, 0.717) is 6.42 Å².